The fourth-order valence-corrected chi connectivity index (χ4v) is 4.36. The number of aromatic nitrogens is 2. The van der Waals surface area contributed by atoms with E-state index in [4.69, 9.17) is 0 Å². The number of nitrogens with one attached hydrogen (secondary N) is 1. The molecule has 2 heterocycles. The van der Waals surface area contributed by atoms with Gasteiger partial charge in [-0.25, -0.2) is 9.18 Å². The van der Waals surface area contributed by atoms with Crippen molar-refractivity contribution in [3.63, 3.8) is 0 Å². The summed E-state index contributed by atoms with van der Waals surface area (Å²) < 4.78 is 14.9. The molecule has 0 aliphatic carbocycles. The number of aryl methyl sites for hydroxylation is 3. The number of likely N-dealkylation sites (tertiary alicyclic amines) is 1. The van der Waals surface area contributed by atoms with Crippen molar-refractivity contribution in [1.82, 2.24) is 14.5 Å². The summed E-state index contributed by atoms with van der Waals surface area (Å²) in [5.74, 6) is -0.194. The Balaban J connectivity index is 1.30. The summed E-state index contributed by atoms with van der Waals surface area (Å²) in [6.07, 6.45) is 2.53. The smallest absolute Gasteiger partial charge is 0.306 e. The van der Waals surface area contributed by atoms with E-state index in [1.807, 2.05) is 10.6 Å². The first-order valence-electron chi connectivity index (χ1n) is 10.6. The largest absolute Gasteiger partial charge is 0.326 e. The number of H-pyrrole nitrogens is 1. The van der Waals surface area contributed by atoms with Gasteiger partial charge in [-0.2, -0.15) is 0 Å². The molecule has 3 aromatic rings. The van der Waals surface area contributed by atoms with E-state index in [0.717, 1.165) is 49.9 Å². The first-order valence-corrected chi connectivity index (χ1v) is 10.6. The Morgan fingerprint density at radius 3 is 2.43 bits per heavy atom. The molecular formula is C24H28FN3O2. The number of rotatable bonds is 6. The second kappa shape index (κ2) is 8.56. The van der Waals surface area contributed by atoms with Gasteiger partial charge in [-0.15, -0.1) is 0 Å². The normalized spacial score (nSPS) is 15.7. The lowest BCUT2D eigenvalue weighted by Gasteiger charge is -2.31. The third-order valence-corrected chi connectivity index (χ3v) is 6.33. The number of nitrogens with zero attached hydrogens (tertiary/aromatic N) is 2. The van der Waals surface area contributed by atoms with Crippen LogP contribution in [0.15, 0.2) is 41.2 Å². The zero-order valence-electron chi connectivity index (χ0n) is 17.6. The van der Waals surface area contributed by atoms with Crippen molar-refractivity contribution in [2.45, 2.75) is 39.7 Å². The third-order valence-electron chi connectivity index (χ3n) is 6.33. The van der Waals surface area contributed by atoms with E-state index in [2.05, 4.69) is 29.8 Å². The fourth-order valence-electron chi connectivity index (χ4n) is 4.36. The first-order chi connectivity index (χ1) is 14.4. The van der Waals surface area contributed by atoms with Crippen molar-refractivity contribution in [2.75, 3.05) is 19.6 Å². The second-order valence-corrected chi connectivity index (χ2v) is 8.38. The number of aromatic amines is 1. The second-order valence-electron chi connectivity index (χ2n) is 8.38. The van der Waals surface area contributed by atoms with Crippen molar-refractivity contribution >= 4 is 16.8 Å². The van der Waals surface area contributed by atoms with Crippen LogP contribution in [0.1, 0.15) is 40.7 Å². The van der Waals surface area contributed by atoms with Crippen LogP contribution in [-0.2, 0) is 6.54 Å². The molecule has 2 aromatic carbocycles. The lowest BCUT2D eigenvalue weighted by Crippen LogP contribution is -2.37. The molecule has 1 N–H and O–H groups in total. The predicted molar refractivity (Wildman–Crippen MR) is 117 cm³/mol. The lowest BCUT2D eigenvalue weighted by atomic mass is 9.89. The lowest BCUT2D eigenvalue weighted by molar-refractivity contribution is 0.0838. The number of hydrogen-bond donors (Lipinski definition) is 1. The van der Waals surface area contributed by atoms with Crippen LogP contribution in [0, 0.1) is 25.6 Å². The standard InChI is InChI=1S/C24H28FN3O2/c1-16-14-21-22(15-17(16)2)28(24(30)26-21)11-3-10-27-12-8-19(9-13-27)23(29)18-4-6-20(25)7-5-18/h4-7,14-15,19H,3,8-13H2,1-2H3,(H,26,30). The number of piperidine rings is 1. The number of imidazole rings is 1. The minimum atomic E-state index is -0.319. The van der Waals surface area contributed by atoms with Crippen LogP contribution in [0.4, 0.5) is 4.39 Å². The Hall–Kier alpha value is -2.73. The van der Waals surface area contributed by atoms with Crippen molar-refractivity contribution in [2.24, 2.45) is 5.92 Å². The van der Waals surface area contributed by atoms with Crippen LogP contribution >= 0.6 is 0 Å². The summed E-state index contributed by atoms with van der Waals surface area (Å²) in [5, 5.41) is 0. The van der Waals surface area contributed by atoms with Gasteiger partial charge >= 0.3 is 5.69 Å². The van der Waals surface area contributed by atoms with Crippen LogP contribution in [0.2, 0.25) is 0 Å². The van der Waals surface area contributed by atoms with Crippen LogP contribution in [0.3, 0.4) is 0 Å². The van der Waals surface area contributed by atoms with Crippen LogP contribution < -0.4 is 5.69 Å². The van der Waals surface area contributed by atoms with Gasteiger partial charge in [-0.05, 0) is 100 Å². The van der Waals surface area contributed by atoms with Gasteiger partial charge in [0, 0.05) is 18.0 Å². The molecule has 1 aliphatic heterocycles. The summed E-state index contributed by atoms with van der Waals surface area (Å²) in [4.78, 5) is 30.3. The number of Topliss-reactive ketones (excluding diaryl/α,β-unsaturated/α-hetero) is 1. The summed E-state index contributed by atoms with van der Waals surface area (Å²) in [6.45, 7) is 7.44. The molecule has 158 valence electrons. The van der Waals surface area contributed by atoms with Gasteiger partial charge in [-0.1, -0.05) is 0 Å². The number of carbonyl (C=O) groups excluding carboxylic acids is 1. The van der Waals surface area contributed by atoms with E-state index in [-0.39, 0.29) is 23.2 Å². The Morgan fingerprint density at radius 2 is 1.73 bits per heavy atom. The number of halogens is 1. The maximum absolute atomic E-state index is 13.1. The molecule has 1 saturated heterocycles. The molecule has 4 rings (SSSR count). The van der Waals surface area contributed by atoms with Gasteiger partial charge < -0.3 is 9.88 Å². The summed E-state index contributed by atoms with van der Waals surface area (Å²) >= 11 is 0. The van der Waals surface area contributed by atoms with Gasteiger partial charge in [0.25, 0.3) is 0 Å². The summed E-state index contributed by atoms with van der Waals surface area (Å²) in [7, 11) is 0. The first kappa shape index (κ1) is 20.5. The summed E-state index contributed by atoms with van der Waals surface area (Å²) in [5.41, 5.74) is 4.75. The fraction of sp³-hybridized carbons (Fsp3) is 0.417. The van der Waals surface area contributed by atoms with Crippen molar-refractivity contribution < 1.29 is 9.18 Å². The highest BCUT2D eigenvalue weighted by Crippen LogP contribution is 2.22. The molecule has 6 heteroatoms. The molecular weight excluding hydrogens is 381 g/mol. The van der Waals surface area contributed by atoms with Gasteiger partial charge in [0.1, 0.15) is 5.82 Å². The Bertz CT molecular complexity index is 1110. The Labute approximate surface area is 175 Å². The van der Waals surface area contributed by atoms with Crippen LogP contribution in [0.5, 0.6) is 0 Å². The molecule has 0 atom stereocenters. The molecule has 5 nitrogen and oxygen atoms in total. The number of ketones is 1. The highest BCUT2D eigenvalue weighted by atomic mass is 19.1. The zero-order valence-corrected chi connectivity index (χ0v) is 17.6. The van der Waals surface area contributed by atoms with Gasteiger partial charge in [0.15, 0.2) is 5.78 Å². The quantitative estimate of drug-likeness (QED) is 0.625. The number of hydrogen-bond acceptors (Lipinski definition) is 3. The Morgan fingerprint density at radius 1 is 1.07 bits per heavy atom. The van der Waals surface area contributed by atoms with Crippen LogP contribution in [0.25, 0.3) is 11.0 Å². The monoisotopic (exact) mass is 409 g/mol. The predicted octanol–water partition coefficient (Wildman–Crippen LogP) is 4.07. The van der Waals surface area contributed by atoms with Crippen molar-refractivity contribution in [3.05, 3.63) is 69.4 Å². The average Bonchev–Trinajstić information content (AvgIpc) is 3.03. The van der Waals surface area contributed by atoms with Gasteiger partial charge in [0.2, 0.25) is 0 Å². The highest BCUT2D eigenvalue weighted by Gasteiger charge is 2.25. The molecule has 1 aliphatic rings. The number of fused-ring (bicyclic) bond motifs is 1. The molecule has 0 radical (unpaired) electrons. The van der Waals surface area contributed by atoms with E-state index >= 15 is 0 Å². The number of carbonyl (C=O) groups is 1. The summed E-state index contributed by atoms with van der Waals surface area (Å²) in [6, 6.07) is 9.95. The maximum Gasteiger partial charge on any atom is 0.326 e. The van der Waals surface area contributed by atoms with Crippen molar-refractivity contribution in [3.8, 4) is 0 Å². The van der Waals surface area contributed by atoms with E-state index in [1.54, 1.807) is 12.1 Å². The highest BCUT2D eigenvalue weighted by molar-refractivity contribution is 5.97. The maximum atomic E-state index is 13.1. The third kappa shape index (κ3) is 4.24. The molecule has 0 saturated carbocycles. The van der Waals surface area contributed by atoms with E-state index < -0.39 is 0 Å². The minimum absolute atomic E-state index is 0.00848. The van der Waals surface area contributed by atoms with E-state index in [9.17, 15) is 14.0 Å². The molecule has 1 aromatic heterocycles. The molecule has 0 bridgehead atoms. The molecule has 1 fully saturated rings. The molecule has 0 spiro atoms. The van der Waals surface area contributed by atoms with E-state index in [1.165, 1.54) is 23.3 Å². The Kier molecular flexibility index (Phi) is 5.86. The minimum Gasteiger partial charge on any atom is -0.306 e. The topological polar surface area (TPSA) is 58.1 Å². The van der Waals surface area contributed by atoms with Crippen molar-refractivity contribution in [1.29, 1.82) is 0 Å². The number of benzene rings is 2. The SMILES string of the molecule is Cc1cc2[nH]c(=O)n(CCCN3CCC(C(=O)c4ccc(F)cc4)CC3)c2cc1C. The molecule has 30 heavy (non-hydrogen) atoms. The molecule has 0 amide bonds. The average molecular weight is 410 g/mol. The van der Waals surface area contributed by atoms with Crippen LogP contribution in [-0.4, -0.2) is 39.9 Å². The zero-order chi connectivity index (χ0) is 21.3. The van der Waals surface area contributed by atoms with Gasteiger partial charge in [0.05, 0.1) is 11.0 Å². The molecule has 0 unspecified atom stereocenters. The van der Waals surface area contributed by atoms with Gasteiger partial charge in [-0.3, -0.25) is 9.36 Å². The van der Waals surface area contributed by atoms with E-state index in [0.29, 0.717) is 12.1 Å².